The molecule has 0 aliphatic carbocycles. The number of hydrogen-bond acceptors (Lipinski definition) is 0. The van der Waals surface area contributed by atoms with Gasteiger partial charge in [0.1, 0.15) is 0 Å². The third-order valence-electron chi connectivity index (χ3n) is 2.39. The van der Waals surface area contributed by atoms with Crippen molar-refractivity contribution in [3.05, 3.63) is 34.0 Å². The third-order valence-corrected chi connectivity index (χ3v) is 5.06. The van der Waals surface area contributed by atoms with Crippen molar-refractivity contribution in [2.24, 2.45) is 0 Å². The van der Waals surface area contributed by atoms with Crippen LogP contribution in [0, 0.1) is 3.57 Å². The summed E-state index contributed by atoms with van der Waals surface area (Å²) in [6, 6.07) is 8.65. The molecule has 2 aromatic rings. The highest BCUT2D eigenvalue weighted by atomic mass is 127. The second kappa shape index (κ2) is 3.38. The SMILES string of the molecule is C[Si](C)(C)n1cc(I)c2ccccc21. The van der Waals surface area contributed by atoms with Gasteiger partial charge < -0.3 is 4.23 Å². The van der Waals surface area contributed by atoms with Gasteiger partial charge in [-0.1, -0.05) is 37.8 Å². The van der Waals surface area contributed by atoms with Crippen LogP contribution in [-0.2, 0) is 0 Å². The van der Waals surface area contributed by atoms with Gasteiger partial charge in [-0.3, -0.25) is 0 Å². The Kier molecular flexibility index (Phi) is 2.47. The largest absolute Gasteiger partial charge is 0.374 e. The van der Waals surface area contributed by atoms with Crippen LogP contribution in [0.1, 0.15) is 0 Å². The molecule has 0 spiro atoms. The first-order chi connectivity index (χ1) is 6.50. The number of hydrogen-bond donors (Lipinski definition) is 0. The Morgan fingerprint density at radius 1 is 1.14 bits per heavy atom. The molecule has 0 radical (unpaired) electrons. The van der Waals surface area contributed by atoms with Crippen LogP contribution in [0.25, 0.3) is 10.9 Å². The number of para-hydroxylation sites is 1. The van der Waals surface area contributed by atoms with Crippen molar-refractivity contribution in [3.63, 3.8) is 0 Å². The van der Waals surface area contributed by atoms with Crippen molar-refractivity contribution in [2.45, 2.75) is 19.6 Å². The molecule has 0 aliphatic rings. The van der Waals surface area contributed by atoms with Gasteiger partial charge in [0.2, 0.25) is 0 Å². The average molecular weight is 315 g/mol. The van der Waals surface area contributed by atoms with Crippen LogP contribution < -0.4 is 0 Å². The highest BCUT2D eigenvalue weighted by molar-refractivity contribution is 14.1. The molecule has 3 heteroatoms. The summed E-state index contributed by atoms with van der Waals surface area (Å²) in [7, 11) is -1.27. The Labute approximate surface area is 99.3 Å². The molecule has 14 heavy (non-hydrogen) atoms. The van der Waals surface area contributed by atoms with Gasteiger partial charge in [-0.15, -0.1) is 0 Å². The summed E-state index contributed by atoms with van der Waals surface area (Å²) in [4.78, 5) is 0. The zero-order valence-electron chi connectivity index (χ0n) is 8.71. The Morgan fingerprint density at radius 2 is 1.79 bits per heavy atom. The summed E-state index contributed by atoms with van der Waals surface area (Å²) in [5.41, 5.74) is 1.39. The molecule has 0 saturated carbocycles. The predicted octanol–water partition coefficient (Wildman–Crippen LogP) is 3.93. The molecule has 0 aliphatic heterocycles. The number of nitrogens with zero attached hydrogens (tertiary/aromatic N) is 1. The molecule has 1 heterocycles. The molecule has 0 saturated heterocycles. The van der Waals surface area contributed by atoms with Gasteiger partial charge in [0.05, 0.1) is 0 Å². The zero-order chi connectivity index (χ0) is 10.3. The fourth-order valence-corrected chi connectivity index (χ4v) is 4.12. The first-order valence-electron chi connectivity index (χ1n) is 4.76. The van der Waals surface area contributed by atoms with E-state index in [1.165, 1.54) is 14.5 Å². The maximum atomic E-state index is 2.48. The zero-order valence-corrected chi connectivity index (χ0v) is 11.9. The van der Waals surface area contributed by atoms with E-state index < -0.39 is 8.24 Å². The molecule has 0 N–H and O–H groups in total. The minimum absolute atomic E-state index is 1.27. The van der Waals surface area contributed by atoms with Gasteiger partial charge in [0.25, 0.3) is 0 Å². The number of benzene rings is 1. The lowest BCUT2D eigenvalue weighted by molar-refractivity contribution is 1.20. The van der Waals surface area contributed by atoms with Crippen LogP contribution in [0.3, 0.4) is 0 Å². The molecule has 2 rings (SSSR count). The van der Waals surface area contributed by atoms with E-state index in [0.29, 0.717) is 0 Å². The van der Waals surface area contributed by atoms with Crippen molar-refractivity contribution < 1.29 is 0 Å². The Hall–Kier alpha value is -0.293. The minimum atomic E-state index is -1.27. The summed E-state index contributed by atoms with van der Waals surface area (Å²) >= 11 is 2.42. The van der Waals surface area contributed by atoms with Crippen LogP contribution in [0.15, 0.2) is 30.5 Å². The lowest BCUT2D eigenvalue weighted by Gasteiger charge is -2.19. The summed E-state index contributed by atoms with van der Waals surface area (Å²) in [6.45, 7) is 7.11. The lowest BCUT2D eigenvalue weighted by Crippen LogP contribution is -2.30. The maximum absolute atomic E-state index is 2.48. The van der Waals surface area contributed by atoms with E-state index in [2.05, 4.69) is 76.9 Å². The van der Waals surface area contributed by atoms with Gasteiger partial charge in [-0.25, -0.2) is 0 Å². The van der Waals surface area contributed by atoms with E-state index in [1.807, 2.05) is 0 Å². The van der Waals surface area contributed by atoms with E-state index >= 15 is 0 Å². The van der Waals surface area contributed by atoms with Crippen LogP contribution in [0.5, 0.6) is 0 Å². The standard InChI is InChI=1S/C11H14INSi/c1-14(2,3)13-8-10(12)9-6-4-5-7-11(9)13/h4-8H,1-3H3. The molecule has 0 bridgehead atoms. The molecule has 0 atom stereocenters. The topological polar surface area (TPSA) is 4.93 Å². The molecule has 0 fully saturated rings. The molecular weight excluding hydrogens is 301 g/mol. The Morgan fingerprint density at radius 3 is 2.43 bits per heavy atom. The monoisotopic (exact) mass is 315 g/mol. The second-order valence-electron chi connectivity index (χ2n) is 4.54. The van der Waals surface area contributed by atoms with Gasteiger partial charge >= 0.3 is 0 Å². The van der Waals surface area contributed by atoms with Gasteiger partial charge in [0, 0.05) is 20.7 Å². The summed E-state index contributed by atoms with van der Waals surface area (Å²) in [5.74, 6) is 0. The number of aromatic nitrogens is 1. The van der Waals surface area contributed by atoms with E-state index in [0.717, 1.165) is 0 Å². The lowest BCUT2D eigenvalue weighted by atomic mass is 10.3. The first-order valence-corrected chi connectivity index (χ1v) is 9.29. The molecular formula is C11H14INSi. The van der Waals surface area contributed by atoms with Crippen LogP contribution in [0.2, 0.25) is 19.6 Å². The van der Waals surface area contributed by atoms with Crippen LogP contribution >= 0.6 is 22.6 Å². The summed E-state index contributed by atoms with van der Waals surface area (Å²) in [5, 5.41) is 1.38. The normalized spacial score (nSPS) is 12.3. The van der Waals surface area contributed by atoms with Crippen molar-refractivity contribution in [3.8, 4) is 0 Å². The smallest absolute Gasteiger partial charge is 0.152 e. The predicted molar refractivity (Wildman–Crippen MR) is 73.4 cm³/mol. The third kappa shape index (κ3) is 1.63. The van der Waals surface area contributed by atoms with E-state index in [-0.39, 0.29) is 0 Å². The molecule has 1 aromatic carbocycles. The number of halogens is 1. The second-order valence-corrected chi connectivity index (χ2v) is 10.5. The summed E-state index contributed by atoms with van der Waals surface area (Å²) in [6.07, 6.45) is 2.29. The highest BCUT2D eigenvalue weighted by Crippen LogP contribution is 2.25. The van der Waals surface area contributed by atoms with E-state index in [4.69, 9.17) is 0 Å². The minimum Gasteiger partial charge on any atom is -0.374 e. The maximum Gasteiger partial charge on any atom is 0.152 e. The van der Waals surface area contributed by atoms with Gasteiger partial charge in [-0.2, -0.15) is 0 Å². The van der Waals surface area contributed by atoms with E-state index in [9.17, 15) is 0 Å². The van der Waals surface area contributed by atoms with E-state index in [1.54, 1.807) is 0 Å². The van der Waals surface area contributed by atoms with Gasteiger partial charge in [-0.05, 0) is 28.7 Å². The quantitative estimate of drug-likeness (QED) is 0.555. The molecule has 0 amide bonds. The van der Waals surface area contributed by atoms with Crippen molar-refractivity contribution >= 4 is 41.7 Å². The van der Waals surface area contributed by atoms with Crippen LogP contribution in [0.4, 0.5) is 0 Å². The van der Waals surface area contributed by atoms with Crippen molar-refractivity contribution in [1.82, 2.24) is 4.23 Å². The van der Waals surface area contributed by atoms with Gasteiger partial charge in [0.15, 0.2) is 8.24 Å². The molecule has 1 aromatic heterocycles. The number of fused-ring (bicyclic) bond motifs is 1. The van der Waals surface area contributed by atoms with Crippen molar-refractivity contribution in [2.75, 3.05) is 0 Å². The fourth-order valence-electron chi connectivity index (χ4n) is 1.69. The van der Waals surface area contributed by atoms with Crippen LogP contribution in [-0.4, -0.2) is 12.5 Å². The molecule has 1 nitrogen and oxygen atoms in total. The average Bonchev–Trinajstić information content (AvgIpc) is 2.44. The Balaban J connectivity index is 2.80. The Bertz CT molecular complexity index is 468. The summed E-state index contributed by atoms with van der Waals surface area (Å²) < 4.78 is 3.84. The van der Waals surface area contributed by atoms with Crippen molar-refractivity contribution in [1.29, 1.82) is 0 Å². The highest BCUT2D eigenvalue weighted by Gasteiger charge is 2.19. The molecule has 74 valence electrons. The number of rotatable bonds is 1. The fraction of sp³-hybridized carbons (Fsp3) is 0.273. The molecule has 0 unspecified atom stereocenters. The first kappa shape index (κ1) is 10.2.